The Morgan fingerprint density at radius 2 is 2.00 bits per heavy atom. The number of nitrogens with zero attached hydrogens (tertiary/aromatic N) is 3. The van der Waals surface area contributed by atoms with Crippen molar-refractivity contribution in [3.63, 3.8) is 0 Å². The van der Waals surface area contributed by atoms with Crippen LogP contribution in [0.4, 0.5) is 0 Å². The van der Waals surface area contributed by atoms with E-state index in [4.69, 9.17) is 27.9 Å². The van der Waals surface area contributed by atoms with Gasteiger partial charge in [-0.25, -0.2) is 0 Å². The van der Waals surface area contributed by atoms with E-state index >= 15 is 0 Å². The zero-order valence-corrected chi connectivity index (χ0v) is 10.3. The molecule has 2 heterocycles. The van der Waals surface area contributed by atoms with Gasteiger partial charge in [-0.05, 0) is 25.9 Å². The van der Waals surface area contributed by atoms with Crippen molar-refractivity contribution in [2.75, 3.05) is 26.2 Å². The summed E-state index contributed by atoms with van der Waals surface area (Å²) in [4.78, 5) is 2.37. The summed E-state index contributed by atoms with van der Waals surface area (Å²) in [5.74, 6) is 0.501. The number of rotatable bonds is 4. The second-order valence-electron chi connectivity index (χ2n) is 3.72. The minimum Gasteiger partial charge on any atom is -0.489 e. The van der Waals surface area contributed by atoms with Crippen LogP contribution in [-0.2, 0) is 0 Å². The van der Waals surface area contributed by atoms with Gasteiger partial charge in [0.25, 0.3) is 0 Å². The van der Waals surface area contributed by atoms with Gasteiger partial charge >= 0.3 is 0 Å². The number of hydrogen-bond donors (Lipinski definition) is 0. The highest BCUT2D eigenvalue weighted by molar-refractivity contribution is 6.32. The summed E-state index contributed by atoms with van der Waals surface area (Å²) >= 11 is 11.5. The predicted molar refractivity (Wildman–Crippen MR) is 63.2 cm³/mol. The normalized spacial score (nSPS) is 16.6. The van der Waals surface area contributed by atoms with Crippen molar-refractivity contribution >= 4 is 23.2 Å². The topological polar surface area (TPSA) is 38.2 Å². The third-order valence-electron chi connectivity index (χ3n) is 2.55. The van der Waals surface area contributed by atoms with E-state index in [2.05, 4.69) is 15.1 Å². The molecule has 0 atom stereocenters. The van der Waals surface area contributed by atoms with Gasteiger partial charge in [0.15, 0.2) is 16.1 Å². The Balaban J connectivity index is 1.82. The summed E-state index contributed by atoms with van der Waals surface area (Å²) in [5.41, 5.74) is 0. The second-order valence-corrected chi connectivity index (χ2v) is 4.46. The molecule has 1 aliphatic heterocycles. The molecule has 6 heteroatoms. The van der Waals surface area contributed by atoms with Crippen molar-refractivity contribution in [2.24, 2.45) is 0 Å². The third kappa shape index (κ3) is 3.20. The van der Waals surface area contributed by atoms with Crippen LogP contribution in [0.5, 0.6) is 5.75 Å². The third-order valence-corrected chi connectivity index (χ3v) is 3.00. The molecule has 0 amide bonds. The SMILES string of the molecule is Clc1cc(OCCN2CCCC2)c(Cl)nn1. The summed E-state index contributed by atoms with van der Waals surface area (Å²) < 4.78 is 5.52. The highest BCUT2D eigenvalue weighted by Crippen LogP contribution is 2.23. The summed E-state index contributed by atoms with van der Waals surface area (Å²) in [6.07, 6.45) is 2.56. The lowest BCUT2D eigenvalue weighted by Crippen LogP contribution is -2.25. The molecule has 0 unspecified atom stereocenters. The van der Waals surface area contributed by atoms with Gasteiger partial charge in [-0.1, -0.05) is 23.2 Å². The fourth-order valence-corrected chi connectivity index (χ4v) is 2.01. The number of halogens is 2. The van der Waals surface area contributed by atoms with Crippen LogP contribution in [0.15, 0.2) is 6.07 Å². The lowest BCUT2D eigenvalue weighted by Gasteiger charge is -2.14. The van der Waals surface area contributed by atoms with E-state index in [0.29, 0.717) is 17.5 Å². The quantitative estimate of drug-likeness (QED) is 0.834. The van der Waals surface area contributed by atoms with E-state index in [0.717, 1.165) is 19.6 Å². The lowest BCUT2D eigenvalue weighted by molar-refractivity contribution is 0.237. The van der Waals surface area contributed by atoms with E-state index in [9.17, 15) is 0 Å². The molecule has 0 spiro atoms. The highest BCUT2D eigenvalue weighted by atomic mass is 35.5. The van der Waals surface area contributed by atoms with Crippen LogP contribution < -0.4 is 4.74 Å². The van der Waals surface area contributed by atoms with Gasteiger partial charge in [0.05, 0.1) is 0 Å². The van der Waals surface area contributed by atoms with Gasteiger partial charge in [-0.2, -0.15) is 0 Å². The number of likely N-dealkylation sites (tertiary alicyclic amines) is 1. The minimum absolute atomic E-state index is 0.255. The van der Waals surface area contributed by atoms with Crippen molar-refractivity contribution in [3.05, 3.63) is 16.4 Å². The molecular formula is C10H13Cl2N3O. The molecule has 4 nitrogen and oxygen atoms in total. The smallest absolute Gasteiger partial charge is 0.193 e. The van der Waals surface area contributed by atoms with E-state index < -0.39 is 0 Å². The Morgan fingerprint density at radius 1 is 1.25 bits per heavy atom. The average molecular weight is 262 g/mol. The number of aromatic nitrogens is 2. The molecule has 1 saturated heterocycles. The Morgan fingerprint density at radius 3 is 2.75 bits per heavy atom. The fourth-order valence-electron chi connectivity index (χ4n) is 1.73. The van der Waals surface area contributed by atoms with Crippen molar-refractivity contribution < 1.29 is 4.74 Å². The van der Waals surface area contributed by atoms with Crippen molar-refractivity contribution in [3.8, 4) is 5.75 Å². The monoisotopic (exact) mass is 261 g/mol. The lowest BCUT2D eigenvalue weighted by atomic mass is 10.4. The maximum Gasteiger partial charge on any atom is 0.193 e. The molecule has 0 aliphatic carbocycles. The van der Waals surface area contributed by atoms with Gasteiger partial charge in [0.2, 0.25) is 0 Å². The molecule has 1 aromatic heterocycles. The summed E-state index contributed by atoms with van der Waals surface area (Å²) in [5, 5.41) is 7.84. The first-order valence-corrected chi connectivity index (χ1v) is 6.05. The average Bonchev–Trinajstić information content (AvgIpc) is 2.76. The zero-order valence-electron chi connectivity index (χ0n) is 8.83. The van der Waals surface area contributed by atoms with Crippen LogP contribution >= 0.6 is 23.2 Å². The van der Waals surface area contributed by atoms with Crippen LogP contribution in [-0.4, -0.2) is 41.3 Å². The predicted octanol–water partition coefficient (Wildman–Crippen LogP) is 2.26. The Bertz CT molecular complexity index is 356. The molecule has 0 N–H and O–H groups in total. The molecule has 1 fully saturated rings. The second kappa shape index (κ2) is 5.66. The number of ether oxygens (including phenoxy) is 1. The van der Waals surface area contributed by atoms with Crippen molar-refractivity contribution in [1.82, 2.24) is 15.1 Å². The molecule has 0 bridgehead atoms. The van der Waals surface area contributed by atoms with Crippen LogP contribution in [0.2, 0.25) is 10.3 Å². The molecule has 1 aromatic rings. The fraction of sp³-hybridized carbons (Fsp3) is 0.600. The van der Waals surface area contributed by atoms with Crippen LogP contribution in [0.1, 0.15) is 12.8 Å². The standard InChI is InChI=1S/C10H13Cl2N3O/c11-9-7-8(10(12)14-13-9)16-6-5-15-3-1-2-4-15/h7H,1-6H2. The van der Waals surface area contributed by atoms with E-state index in [1.54, 1.807) is 6.07 Å². The molecule has 0 radical (unpaired) electrons. The summed E-state index contributed by atoms with van der Waals surface area (Å²) in [6.45, 7) is 3.83. The van der Waals surface area contributed by atoms with Crippen molar-refractivity contribution in [1.29, 1.82) is 0 Å². The van der Waals surface area contributed by atoms with E-state index in [1.165, 1.54) is 12.8 Å². The van der Waals surface area contributed by atoms with Crippen LogP contribution in [0, 0.1) is 0 Å². The summed E-state index contributed by atoms with van der Waals surface area (Å²) in [6, 6.07) is 1.58. The molecular weight excluding hydrogens is 249 g/mol. The van der Waals surface area contributed by atoms with Gasteiger partial charge in [0, 0.05) is 12.6 Å². The Hall–Kier alpha value is -0.580. The first kappa shape index (κ1) is 11.9. The molecule has 16 heavy (non-hydrogen) atoms. The minimum atomic E-state index is 0.255. The maximum atomic E-state index is 5.82. The van der Waals surface area contributed by atoms with Crippen molar-refractivity contribution in [2.45, 2.75) is 12.8 Å². The first-order chi connectivity index (χ1) is 7.75. The van der Waals surface area contributed by atoms with E-state index in [-0.39, 0.29) is 5.15 Å². The Kier molecular flexibility index (Phi) is 4.21. The maximum absolute atomic E-state index is 5.82. The largest absolute Gasteiger partial charge is 0.489 e. The molecule has 0 aromatic carbocycles. The Labute approximate surface area is 105 Å². The van der Waals surface area contributed by atoms with E-state index in [1.807, 2.05) is 0 Å². The van der Waals surface area contributed by atoms with Crippen LogP contribution in [0.25, 0.3) is 0 Å². The van der Waals surface area contributed by atoms with Gasteiger partial charge in [0.1, 0.15) is 6.61 Å². The van der Waals surface area contributed by atoms with Gasteiger partial charge < -0.3 is 4.74 Å². The molecule has 0 saturated carbocycles. The molecule has 2 rings (SSSR count). The highest BCUT2D eigenvalue weighted by Gasteiger charge is 2.11. The van der Waals surface area contributed by atoms with Crippen LogP contribution in [0.3, 0.4) is 0 Å². The van der Waals surface area contributed by atoms with Gasteiger partial charge in [-0.15, -0.1) is 10.2 Å². The molecule has 88 valence electrons. The molecule has 1 aliphatic rings. The number of hydrogen-bond acceptors (Lipinski definition) is 4. The van der Waals surface area contributed by atoms with Gasteiger partial charge in [-0.3, -0.25) is 4.90 Å². The first-order valence-electron chi connectivity index (χ1n) is 5.29. The zero-order chi connectivity index (χ0) is 11.4. The summed E-state index contributed by atoms with van der Waals surface area (Å²) in [7, 11) is 0.